The lowest BCUT2D eigenvalue weighted by Gasteiger charge is -2.33. The molecule has 1 aliphatic heterocycles. The molecule has 0 amide bonds. The van der Waals surface area contributed by atoms with Gasteiger partial charge in [0.25, 0.3) is 0 Å². The highest BCUT2D eigenvalue weighted by molar-refractivity contribution is 7.71. The molecule has 0 saturated carbocycles. The third-order valence-corrected chi connectivity index (χ3v) is 6.73. The molecule has 4 rings (SSSR count). The van der Waals surface area contributed by atoms with E-state index >= 15 is 0 Å². The van der Waals surface area contributed by atoms with Crippen molar-refractivity contribution in [3.8, 4) is 17.1 Å². The molecule has 0 fully saturated rings. The van der Waals surface area contributed by atoms with Gasteiger partial charge in [-0.25, -0.2) is 4.68 Å². The molecule has 0 unspecified atom stereocenters. The van der Waals surface area contributed by atoms with E-state index < -0.39 is 0 Å². The van der Waals surface area contributed by atoms with Crippen LogP contribution >= 0.6 is 23.6 Å². The summed E-state index contributed by atoms with van der Waals surface area (Å²) in [6, 6.07) is 10.5. The zero-order valence-electron chi connectivity index (χ0n) is 16.2. The van der Waals surface area contributed by atoms with Gasteiger partial charge in [0, 0.05) is 29.6 Å². The van der Waals surface area contributed by atoms with Crippen LogP contribution in [0.15, 0.2) is 48.4 Å². The molecule has 3 aromatic rings. The van der Waals surface area contributed by atoms with Gasteiger partial charge in [-0.2, -0.15) is 5.10 Å². The third-order valence-electron chi connectivity index (χ3n) is 5.30. The topological polar surface area (TPSA) is 35.2 Å². The highest BCUT2D eigenvalue weighted by Crippen LogP contribution is 2.33. The first-order chi connectivity index (χ1) is 13.6. The molecule has 1 aromatic carbocycles. The number of methoxy groups -OCH3 is 1. The largest absolute Gasteiger partial charge is 0.497 e. The van der Waals surface area contributed by atoms with Gasteiger partial charge in [-0.15, -0.1) is 17.9 Å². The second kappa shape index (κ2) is 8.03. The van der Waals surface area contributed by atoms with Gasteiger partial charge >= 0.3 is 0 Å². The highest BCUT2D eigenvalue weighted by Gasteiger charge is 2.25. The lowest BCUT2D eigenvalue weighted by Crippen LogP contribution is -2.35. The summed E-state index contributed by atoms with van der Waals surface area (Å²) in [5, 5.41) is 7.07. The number of fused-ring (bicyclic) bond motifs is 1. The van der Waals surface area contributed by atoms with Crippen LogP contribution in [0.4, 0.5) is 0 Å². The van der Waals surface area contributed by atoms with Crippen LogP contribution in [0.3, 0.4) is 0 Å². The maximum Gasteiger partial charge on any atom is 0.199 e. The Morgan fingerprint density at radius 2 is 2.11 bits per heavy atom. The van der Waals surface area contributed by atoms with E-state index in [-0.39, 0.29) is 0 Å². The maximum atomic E-state index is 5.76. The fourth-order valence-electron chi connectivity index (χ4n) is 3.71. The van der Waals surface area contributed by atoms with Crippen LogP contribution < -0.4 is 4.74 Å². The minimum Gasteiger partial charge on any atom is -0.497 e. The van der Waals surface area contributed by atoms with Gasteiger partial charge in [-0.1, -0.05) is 6.08 Å². The van der Waals surface area contributed by atoms with Gasteiger partial charge in [0.1, 0.15) is 5.75 Å². The molecule has 0 aliphatic carbocycles. The van der Waals surface area contributed by atoms with E-state index in [1.54, 1.807) is 7.11 Å². The van der Waals surface area contributed by atoms with Crippen molar-refractivity contribution in [2.24, 2.45) is 0 Å². The molecule has 7 heteroatoms. The van der Waals surface area contributed by atoms with Crippen LogP contribution in [0, 0.1) is 4.77 Å². The number of nitrogens with zero attached hydrogens (tertiary/aromatic N) is 4. The quantitative estimate of drug-likeness (QED) is 0.425. The molecular formula is C21H24N4OS2. The number of allylic oxidation sites excluding steroid dienone is 1. The summed E-state index contributed by atoms with van der Waals surface area (Å²) in [6.07, 6.45) is 2.94. The molecule has 3 heterocycles. The summed E-state index contributed by atoms with van der Waals surface area (Å²) in [5.74, 6) is 1.68. The smallest absolute Gasteiger partial charge is 0.199 e. The van der Waals surface area contributed by atoms with Crippen LogP contribution in [0.2, 0.25) is 0 Å². The van der Waals surface area contributed by atoms with Crippen LogP contribution in [-0.4, -0.2) is 32.9 Å². The number of ether oxygens (including phenoxy) is 1. The monoisotopic (exact) mass is 412 g/mol. The lowest BCUT2D eigenvalue weighted by atomic mass is 10.0. The lowest BCUT2D eigenvalue weighted by molar-refractivity contribution is 0.144. The number of thiophene rings is 1. The van der Waals surface area contributed by atoms with Crippen molar-refractivity contribution in [1.29, 1.82) is 0 Å². The summed E-state index contributed by atoms with van der Waals surface area (Å²) in [5.41, 5.74) is 2.45. The van der Waals surface area contributed by atoms with Crippen molar-refractivity contribution in [3.05, 3.63) is 63.6 Å². The van der Waals surface area contributed by atoms with Gasteiger partial charge < -0.3 is 4.74 Å². The summed E-state index contributed by atoms with van der Waals surface area (Å²) < 4.78 is 9.96. The van der Waals surface area contributed by atoms with E-state index in [9.17, 15) is 0 Å². The summed E-state index contributed by atoms with van der Waals surface area (Å²) >= 11 is 7.62. The minimum atomic E-state index is 0.367. The van der Waals surface area contributed by atoms with Gasteiger partial charge in [0.05, 0.1) is 13.8 Å². The van der Waals surface area contributed by atoms with Crippen molar-refractivity contribution in [2.75, 3.05) is 13.7 Å². The van der Waals surface area contributed by atoms with E-state index in [0.717, 1.165) is 30.1 Å². The fraction of sp³-hybridized carbons (Fsp3) is 0.333. The Labute approximate surface area is 174 Å². The average Bonchev–Trinajstić information content (AvgIpc) is 3.31. The fourth-order valence-corrected chi connectivity index (χ4v) is 4.93. The number of hydrogen-bond acceptors (Lipinski definition) is 5. The van der Waals surface area contributed by atoms with Crippen molar-refractivity contribution in [1.82, 2.24) is 19.2 Å². The molecule has 28 heavy (non-hydrogen) atoms. The molecule has 0 saturated heterocycles. The molecule has 1 aliphatic rings. The minimum absolute atomic E-state index is 0.367. The summed E-state index contributed by atoms with van der Waals surface area (Å²) in [7, 11) is 1.67. The van der Waals surface area contributed by atoms with Crippen LogP contribution in [0.5, 0.6) is 5.75 Å². The predicted molar refractivity (Wildman–Crippen MR) is 116 cm³/mol. The third kappa shape index (κ3) is 3.45. The summed E-state index contributed by atoms with van der Waals surface area (Å²) in [6.45, 7) is 8.47. The molecule has 0 radical (unpaired) electrons. The molecule has 0 bridgehead atoms. The number of rotatable bonds is 6. The first-order valence-electron chi connectivity index (χ1n) is 9.35. The number of benzene rings is 1. The van der Waals surface area contributed by atoms with Gasteiger partial charge in [-0.05, 0) is 66.8 Å². The van der Waals surface area contributed by atoms with Crippen LogP contribution in [0.1, 0.15) is 23.4 Å². The second-order valence-electron chi connectivity index (χ2n) is 6.91. The molecule has 0 N–H and O–H groups in total. The molecule has 2 aromatic heterocycles. The van der Waals surface area contributed by atoms with Gasteiger partial charge in [-0.3, -0.25) is 9.47 Å². The zero-order valence-corrected chi connectivity index (χ0v) is 17.8. The van der Waals surface area contributed by atoms with Crippen LogP contribution in [0.25, 0.3) is 11.4 Å². The average molecular weight is 413 g/mol. The Morgan fingerprint density at radius 3 is 2.82 bits per heavy atom. The van der Waals surface area contributed by atoms with Crippen molar-refractivity contribution in [3.63, 3.8) is 0 Å². The highest BCUT2D eigenvalue weighted by atomic mass is 32.1. The van der Waals surface area contributed by atoms with E-state index in [0.29, 0.717) is 24.0 Å². The first-order valence-corrected chi connectivity index (χ1v) is 10.6. The Kier molecular flexibility index (Phi) is 5.48. The molecule has 0 spiro atoms. The van der Waals surface area contributed by atoms with E-state index in [2.05, 4.69) is 29.8 Å². The Balaban J connectivity index is 1.66. The zero-order chi connectivity index (χ0) is 19.7. The Morgan fingerprint density at radius 1 is 1.32 bits per heavy atom. The normalized spacial score (nSPS) is 16.7. The standard InChI is InChI=1S/C21H24N4OS2/c1-4-11-24-20(16-5-7-17(26-3)8-6-16)22-25(21(24)27)14-23-12-9-19-18(15(23)2)10-13-28-19/h4-8,10,13,15H,1,9,11-12,14H2,2-3H3/t15-/m1/s1. The SMILES string of the molecule is C=CCn1c(-c2ccc(OC)cc2)nn(CN2CCc3sccc3[C@H]2C)c1=S. The number of hydrogen-bond donors (Lipinski definition) is 0. The maximum absolute atomic E-state index is 5.76. The molecule has 146 valence electrons. The van der Waals surface area contributed by atoms with Crippen molar-refractivity contribution >= 4 is 23.6 Å². The molecular weight excluding hydrogens is 388 g/mol. The van der Waals surface area contributed by atoms with Crippen molar-refractivity contribution in [2.45, 2.75) is 32.6 Å². The second-order valence-corrected chi connectivity index (χ2v) is 8.28. The number of aromatic nitrogens is 3. The molecule has 1 atom stereocenters. The van der Waals surface area contributed by atoms with E-state index in [4.69, 9.17) is 22.1 Å². The first kappa shape index (κ1) is 19.1. The molecule has 5 nitrogen and oxygen atoms in total. The summed E-state index contributed by atoms with van der Waals surface area (Å²) in [4.78, 5) is 3.94. The van der Waals surface area contributed by atoms with E-state index in [1.165, 1.54) is 10.4 Å². The van der Waals surface area contributed by atoms with Gasteiger partial charge in [0.2, 0.25) is 0 Å². The van der Waals surface area contributed by atoms with Crippen molar-refractivity contribution < 1.29 is 4.74 Å². The van der Waals surface area contributed by atoms with E-state index in [1.807, 2.05) is 50.9 Å². The Hall–Kier alpha value is -2.22. The Bertz CT molecular complexity index is 1030. The van der Waals surface area contributed by atoms with Gasteiger partial charge in [0.15, 0.2) is 10.6 Å². The van der Waals surface area contributed by atoms with Crippen LogP contribution in [-0.2, 0) is 19.6 Å². The predicted octanol–water partition coefficient (Wildman–Crippen LogP) is 4.91.